The Kier molecular flexibility index (Phi) is 4.42. The number of hydrogen-bond donors (Lipinski definition) is 1. The molecule has 0 unspecified atom stereocenters. The molecular formula is C19H26N6. The average molecular weight is 338 g/mol. The number of fused-ring (bicyclic) bond motifs is 1. The summed E-state index contributed by atoms with van der Waals surface area (Å²) in [6.45, 7) is 3.50. The molecule has 2 aliphatic rings. The minimum absolute atomic E-state index is 0.535. The maximum absolute atomic E-state index is 4.92. The lowest BCUT2D eigenvalue weighted by Gasteiger charge is -2.25. The molecule has 0 atom stereocenters. The van der Waals surface area contributed by atoms with Gasteiger partial charge in [0, 0.05) is 25.3 Å². The van der Waals surface area contributed by atoms with Gasteiger partial charge in [-0.15, -0.1) is 10.2 Å². The zero-order valence-corrected chi connectivity index (χ0v) is 15.1. The van der Waals surface area contributed by atoms with E-state index in [2.05, 4.69) is 44.7 Å². The van der Waals surface area contributed by atoms with E-state index in [-0.39, 0.29) is 0 Å². The number of para-hydroxylation sites is 1. The van der Waals surface area contributed by atoms with E-state index in [0.29, 0.717) is 12.6 Å². The second kappa shape index (κ2) is 6.86. The first-order valence-corrected chi connectivity index (χ1v) is 9.23. The molecule has 1 N–H and O–H groups in total. The summed E-state index contributed by atoms with van der Waals surface area (Å²) in [5.74, 6) is 2.80. The second-order valence-corrected chi connectivity index (χ2v) is 7.02. The molecule has 1 saturated carbocycles. The van der Waals surface area contributed by atoms with Gasteiger partial charge < -0.3 is 14.8 Å². The average Bonchev–Trinajstić information content (AvgIpc) is 3.35. The molecule has 1 fully saturated rings. The first-order valence-electron chi connectivity index (χ1n) is 9.23. The topological polar surface area (TPSA) is 58.3 Å². The third-order valence-corrected chi connectivity index (χ3v) is 5.38. The predicted octanol–water partition coefficient (Wildman–Crippen LogP) is 2.57. The minimum Gasteiger partial charge on any atom is -0.353 e. The monoisotopic (exact) mass is 338 g/mol. The molecule has 1 aromatic heterocycles. The van der Waals surface area contributed by atoms with Crippen molar-refractivity contribution < 1.29 is 0 Å². The van der Waals surface area contributed by atoms with Gasteiger partial charge >= 0.3 is 0 Å². The Balaban J connectivity index is 1.60. The molecule has 0 amide bonds. The Morgan fingerprint density at radius 1 is 1.24 bits per heavy atom. The number of aliphatic imine (C=N–C) groups is 1. The number of hydrogen-bond acceptors (Lipinski definition) is 3. The molecular weight excluding hydrogens is 312 g/mol. The summed E-state index contributed by atoms with van der Waals surface area (Å²) in [4.78, 5) is 7.25. The SMILES string of the molecule is Cc1nnc(CN=C(NC2CCCC2)N2CCc3ccccc32)n1C. The summed E-state index contributed by atoms with van der Waals surface area (Å²) in [5.41, 5.74) is 2.68. The van der Waals surface area contributed by atoms with Crippen LogP contribution in [0.5, 0.6) is 0 Å². The third-order valence-electron chi connectivity index (χ3n) is 5.38. The Morgan fingerprint density at radius 2 is 2.04 bits per heavy atom. The van der Waals surface area contributed by atoms with Gasteiger partial charge in [-0.05, 0) is 37.8 Å². The van der Waals surface area contributed by atoms with Crippen molar-refractivity contribution >= 4 is 11.6 Å². The fraction of sp³-hybridized carbons (Fsp3) is 0.526. The number of aryl methyl sites for hydroxylation is 1. The number of rotatable bonds is 3. The van der Waals surface area contributed by atoms with Crippen molar-refractivity contribution in [3.63, 3.8) is 0 Å². The minimum atomic E-state index is 0.535. The molecule has 132 valence electrons. The maximum Gasteiger partial charge on any atom is 0.199 e. The highest BCUT2D eigenvalue weighted by Crippen LogP contribution is 2.28. The molecule has 0 bridgehead atoms. The maximum atomic E-state index is 4.92. The predicted molar refractivity (Wildman–Crippen MR) is 99.8 cm³/mol. The van der Waals surface area contributed by atoms with Gasteiger partial charge in [0.2, 0.25) is 0 Å². The van der Waals surface area contributed by atoms with E-state index >= 15 is 0 Å². The van der Waals surface area contributed by atoms with Crippen molar-refractivity contribution in [2.45, 2.75) is 51.6 Å². The van der Waals surface area contributed by atoms with Crippen molar-refractivity contribution in [1.29, 1.82) is 0 Å². The first-order chi connectivity index (χ1) is 12.2. The first kappa shape index (κ1) is 16.1. The summed E-state index contributed by atoms with van der Waals surface area (Å²) in [7, 11) is 2.00. The van der Waals surface area contributed by atoms with Crippen LogP contribution in [0.4, 0.5) is 5.69 Å². The Bertz CT molecular complexity index is 772. The van der Waals surface area contributed by atoms with Crippen molar-refractivity contribution in [2.24, 2.45) is 12.0 Å². The Labute approximate surface area is 149 Å². The van der Waals surface area contributed by atoms with Gasteiger partial charge in [-0.3, -0.25) is 0 Å². The third kappa shape index (κ3) is 3.25. The normalized spacial score (nSPS) is 18.0. The number of anilines is 1. The summed E-state index contributed by atoms with van der Waals surface area (Å²) in [6.07, 6.45) is 6.16. The zero-order chi connectivity index (χ0) is 17.2. The molecule has 0 radical (unpaired) electrons. The van der Waals surface area contributed by atoms with Crippen molar-refractivity contribution in [3.8, 4) is 0 Å². The molecule has 6 nitrogen and oxygen atoms in total. The van der Waals surface area contributed by atoms with Gasteiger partial charge in [0.05, 0.1) is 0 Å². The van der Waals surface area contributed by atoms with Gasteiger partial charge in [0.15, 0.2) is 11.8 Å². The molecule has 1 aliphatic carbocycles. The second-order valence-electron chi connectivity index (χ2n) is 7.02. The van der Waals surface area contributed by atoms with Crippen LogP contribution in [0, 0.1) is 6.92 Å². The van der Waals surface area contributed by atoms with E-state index in [1.165, 1.54) is 36.9 Å². The van der Waals surface area contributed by atoms with Gasteiger partial charge in [-0.25, -0.2) is 4.99 Å². The fourth-order valence-electron chi connectivity index (χ4n) is 3.75. The molecule has 0 spiro atoms. The smallest absolute Gasteiger partial charge is 0.199 e. The van der Waals surface area contributed by atoms with Gasteiger partial charge in [0.1, 0.15) is 12.4 Å². The summed E-state index contributed by atoms with van der Waals surface area (Å²) in [5, 5.41) is 12.1. The fourth-order valence-corrected chi connectivity index (χ4v) is 3.75. The van der Waals surface area contributed by atoms with Crippen LogP contribution in [0.15, 0.2) is 29.3 Å². The molecule has 1 aromatic carbocycles. The molecule has 1 aliphatic heterocycles. The van der Waals surface area contributed by atoms with E-state index in [1.807, 2.05) is 18.5 Å². The van der Waals surface area contributed by atoms with E-state index in [1.54, 1.807) is 0 Å². The lowest BCUT2D eigenvalue weighted by atomic mass is 10.2. The standard InChI is InChI=1S/C19H26N6/c1-14-22-23-18(24(14)2)13-20-19(21-16-8-4-5-9-16)25-12-11-15-7-3-6-10-17(15)25/h3,6-7,10,16H,4-5,8-9,11-13H2,1-2H3,(H,20,21). The Hall–Kier alpha value is -2.37. The van der Waals surface area contributed by atoms with E-state index < -0.39 is 0 Å². The lowest BCUT2D eigenvalue weighted by molar-refractivity contribution is 0.619. The molecule has 2 heterocycles. The molecule has 2 aromatic rings. The van der Waals surface area contributed by atoms with Crippen LogP contribution < -0.4 is 10.2 Å². The van der Waals surface area contributed by atoms with Crippen molar-refractivity contribution in [1.82, 2.24) is 20.1 Å². The summed E-state index contributed by atoms with van der Waals surface area (Å²) >= 11 is 0. The van der Waals surface area contributed by atoms with Crippen LogP contribution in [0.2, 0.25) is 0 Å². The van der Waals surface area contributed by atoms with Crippen LogP contribution in [-0.4, -0.2) is 33.3 Å². The summed E-state index contributed by atoms with van der Waals surface area (Å²) in [6, 6.07) is 9.17. The number of guanidine groups is 1. The quantitative estimate of drug-likeness (QED) is 0.690. The van der Waals surface area contributed by atoms with Gasteiger partial charge in [-0.2, -0.15) is 0 Å². The van der Waals surface area contributed by atoms with E-state index in [4.69, 9.17) is 4.99 Å². The van der Waals surface area contributed by atoms with E-state index in [0.717, 1.165) is 30.6 Å². The van der Waals surface area contributed by atoms with Crippen molar-refractivity contribution in [3.05, 3.63) is 41.5 Å². The molecule has 25 heavy (non-hydrogen) atoms. The van der Waals surface area contributed by atoms with Gasteiger partial charge in [0.25, 0.3) is 0 Å². The Morgan fingerprint density at radius 3 is 2.80 bits per heavy atom. The van der Waals surface area contributed by atoms with Gasteiger partial charge in [-0.1, -0.05) is 31.0 Å². The lowest BCUT2D eigenvalue weighted by Crippen LogP contribution is -2.45. The highest BCUT2D eigenvalue weighted by Gasteiger charge is 2.25. The number of nitrogens with one attached hydrogen (secondary N) is 1. The van der Waals surface area contributed by atoms with Crippen LogP contribution in [-0.2, 0) is 20.0 Å². The highest BCUT2D eigenvalue weighted by atomic mass is 15.3. The molecule has 0 saturated heterocycles. The van der Waals surface area contributed by atoms with Crippen LogP contribution in [0.1, 0.15) is 42.9 Å². The largest absolute Gasteiger partial charge is 0.353 e. The van der Waals surface area contributed by atoms with Crippen LogP contribution in [0.25, 0.3) is 0 Å². The number of aromatic nitrogens is 3. The van der Waals surface area contributed by atoms with Crippen LogP contribution in [0.3, 0.4) is 0 Å². The number of nitrogens with zero attached hydrogens (tertiary/aromatic N) is 5. The summed E-state index contributed by atoms with van der Waals surface area (Å²) < 4.78 is 2.01. The van der Waals surface area contributed by atoms with E-state index in [9.17, 15) is 0 Å². The zero-order valence-electron chi connectivity index (χ0n) is 15.1. The van der Waals surface area contributed by atoms with Crippen molar-refractivity contribution in [2.75, 3.05) is 11.4 Å². The molecule has 6 heteroatoms. The van der Waals surface area contributed by atoms with Crippen LogP contribution >= 0.6 is 0 Å². The highest BCUT2D eigenvalue weighted by molar-refractivity contribution is 5.98. The number of benzene rings is 1. The molecule has 4 rings (SSSR count).